The number of hydrogen-bond donors (Lipinski definition) is 1. The van der Waals surface area contributed by atoms with E-state index in [0.717, 1.165) is 16.8 Å². The predicted octanol–water partition coefficient (Wildman–Crippen LogP) is 3.68. The summed E-state index contributed by atoms with van der Waals surface area (Å²) >= 11 is 3.17. The first kappa shape index (κ1) is 19.9. The molecule has 2 amide bonds. The zero-order valence-electron chi connectivity index (χ0n) is 14.8. The summed E-state index contributed by atoms with van der Waals surface area (Å²) in [7, 11) is 1.52. The Morgan fingerprint density at radius 3 is 2.46 bits per heavy atom. The second-order valence-corrected chi connectivity index (χ2v) is 6.78. The van der Waals surface area contributed by atoms with E-state index in [1.807, 2.05) is 32.0 Å². The van der Waals surface area contributed by atoms with Gasteiger partial charge in [-0.25, -0.2) is 4.39 Å². The highest BCUT2D eigenvalue weighted by molar-refractivity contribution is 9.10. The summed E-state index contributed by atoms with van der Waals surface area (Å²) in [6.45, 7) is 3.47. The summed E-state index contributed by atoms with van der Waals surface area (Å²) in [4.78, 5) is 25.6. The molecular formula is C19H20BrFN2O3. The summed E-state index contributed by atoms with van der Waals surface area (Å²) < 4.78 is 18.8. The minimum atomic E-state index is -0.407. The van der Waals surface area contributed by atoms with Crippen LogP contribution in [0.4, 0.5) is 10.1 Å². The van der Waals surface area contributed by atoms with Gasteiger partial charge in [0.05, 0.1) is 11.0 Å². The standard InChI is InChI=1S/C19H20BrFN2O3/c1-12-5-4-6-13(2)19(12)22-17(24)10-23(3)18(25)11-26-16-8-7-14(21)9-15(16)20/h4-9H,10-11H2,1-3H3,(H,22,24). The van der Waals surface area contributed by atoms with E-state index >= 15 is 0 Å². The number of aryl methyl sites for hydroxylation is 2. The van der Waals surface area contributed by atoms with Gasteiger partial charge in [-0.3, -0.25) is 9.59 Å². The van der Waals surface area contributed by atoms with Crippen LogP contribution in [0, 0.1) is 19.7 Å². The van der Waals surface area contributed by atoms with Crippen LogP contribution in [-0.2, 0) is 9.59 Å². The minimum absolute atomic E-state index is 0.0967. The fourth-order valence-corrected chi connectivity index (χ4v) is 2.80. The highest BCUT2D eigenvalue weighted by Gasteiger charge is 2.15. The molecule has 0 aliphatic rings. The maximum absolute atomic E-state index is 13.0. The number of amides is 2. The highest BCUT2D eigenvalue weighted by Crippen LogP contribution is 2.25. The monoisotopic (exact) mass is 422 g/mol. The smallest absolute Gasteiger partial charge is 0.260 e. The van der Waals surface area contributed by atoms with Gasteiger partial charge in [0.1, 0.15) is 11.6 Å². The van der Waals surface area contributed by atoms with E-state index in [4.69, 9.17) is 4.74 Å². The average Bonchev–Trinajstić information content (AvgIpc) is 2.57. The third-order valence-electron chi connectivity index (χ3n) is 3.80. The maximum atomic E-state index is 13.0. The lowest BCUT2D eigenvalue weighted by Crippen LogP contribution is -2.37. The number of benzene rings is 2. The second-order valence-electron chi connectivity index (χ2n) is 5.93. The topological polar surface area (TPSA) is 58.6 Å². The second kappa shape index (κ2) is 8.80. The molecule has 0 atom stereocenters. The summed E-state index contributed by atoms with van der Waals surface area (Å²) in [6.07, 6.45) is 0. The molecule has 5 nitrogen and oxygen atoms in total. The summed E-state index contributed by atoms with van der Waals surface area (Å²) in [5.74, 6) is -0.705. The van der Waals surface area contributed by atoms with Crippen LogP contribution in [0.1, 0.15) is 11.1 Å². The van der Waals surface area contributed by atoms with E-state index < -0.39 is 5.82 Å². The fourth-order valence-electron chi connectivity index (χ4n) is 2.34. The Morgan fingerprint density at radius 1 is 1.19 bits per heavy atom. The number of carbonyl (C=O) groups excluding carboxylic acids is 2. The Morgan fingerprint density at radius 2 is 1.85 bits per heavy atom. The molecule has 138 valence electrons. The number of ether oxygens (including phenoxy) is 1. The molecule has 7 heteroatoms. The highest BCUT2D eigenvalue weighted by atomic mass is 79.9. The molecule has 2 rings (SSSR count). The van der Waals surface area contributed by atoms with Crippen molar-refractivity contribution in [1.29, 1.82) is 0 Å². The third kappa shape index (κ3) is 5.29. The lowest BCUT2D eigenvalue weighted by atomic mass is 10.1. The molecule has 26 heavy (non-hydrogen) atoms. The lowest BCUT2D eigenvalue weighted by molar-refractivity contribution is -0.135. The van der Waals surface area contributed by atoms with Gasteiger partial charge in [0.2, 0.25) is 5.91 Å². The first-order valence-corrected chi connectivity index (χ1v) is 8.75. The van der Waals surface area contributed by atoms with Crippen molar-refractivity contribution in [3.05, 3.63) is 57.8 Å². The number of nitrogens with one attached hydrogen (secondary N) is 1. The SMILES string of the molecule is Cc1cccc(C)c1NC(=O)CN(C)C(=O)COc1ccc(F)cc1Br. The van der Waals surface area contributed by atoms with Gasteiger partial charge in [-0.15, -0.1) is 0 Å². The minimum Gasteiger partial charge on any atom is -0.483 e. The number of carbonyl (C=O) groups is 2. The number of hydrogen-bond acceptors (Lipinski definition) is 3. The van der Waals surface area contributed by atoms with Gasteiger partial charge in [0.25, 0.3) is 5.91 Å². The van der Waals surface area contributed by atoms with Crippen molar-refractivity contribution in [2.45, 2.75) is 13.8 Å². The number of halogens is 2. The molecular weight excluding hydrogens is 403 g/mol. The predicted molar refractivity (Wildman–Crippen MR) is 102 cm³/mol. The number of likely N-dealkylation sites (N-methyl/N-ethyl adjacent to an activating group) is 1. The molecule has 0 radical (unpaired) electrons. The van der Waals surface area contributed by atoms with Crippen molar-refractivity contribution in [3.63, 3.8) is 0 Å². The van der Waals surface area contributed by atoms with Gasteiger partial charge < -0.3 is 15.0 Å². The van der Waals surface area contributed by atoms with Crippen LogP contribution >= 0.6 is 15.9 Å². The molecule has 0 saturated carbocycles. The summed E-state index contributed by atoms with van der Waals surface area (Å²) in [5.41, 5.74) is 2.67. The van der Waals surface area contributed by atoms with Gasteiger partial charge in [0.15, 0.2) is 6.61 Å². The quantitative estimate of drug-likeness (QED) is 0.772. The molecule has 0 aromatic heterocycles. The Labute approximate surface area is 160 Å². The first-order valence-electron chi connectivity index (χ1n) is 7.96. The van der Waals surface area contributed by atoms with E-state index in [1.165, 1.54) is 30.1 Å². The van der Waals surface area contributed by atoms with Crippen LogP contribution in [-0.4, -0.2) is 36.9 Å². The molecule has 0 unspecified atom stereocenters. The van der Waals surface area contributed by atoms with E-state index in [1.54, 1.807) is 0 Å². The Bertz CT molecular complexity index is 806. The van der Waals surface area contributed by atoms with E-state index in [9.17, 15) is 14.0 Å². The zero-order valence-corrected chi connectivity index (χ0v) is 16.4. The number of anilines is 1. The molecule has 2 aromatic rings. The molecule has 1 N–H and O–H groups in total. The molecule has 0 aliphatic heterocycles. The van der Waals surface area contributed by atoms with E-state index in [-0.39, 0.29) is 25.0 Å². The molecule has 0 bridgehead atoms. The van der Waals surface area contributed by atoms with Crippen LogP contribution in [0.25, 0.3) is 0 Å². The van der Waals surface area contributed by atoms with Gasteiger partial charge >= 0.3 is 0 Å². The Balaban J connectivity index is 1.89. The fraction of sp³-hybridized carbons (Fsp3) is 0.263. The molecule has 0 spiro atoms. The number of rotatable bonds is 6. The Kier molecular flexibility index (Phi) is 6.74. The Hall–Kier alpha value is -2.41. The molecule has 0 saturated heterocycles. The summed E-state index contributed by atoms with van der Waals surface area (Å²) in [6, 6.07) is 9.66. The molecule has 0 aliphatic carbocycles. The third-order valence-corrected chi connectivity index (χ3v) is 4.42. The average molecular weight is 423 g/mol. The van der Waals surface area contributed by atoms with Gasteiger partial charge in [0, 0.05) is 12.7 Å². The number of nitrogens with zero attached hydrogens (tertiary/aromatic N) is 1. The molecule has 0 fully saturated rings. The van der Waals surface area contributed by atoms with Gasteiger partial charge in [-0.05, 0) is 59.1 Å². The largest absolute Gasteiger partial charge is 0.483 e. The maximum Gasteiger partial charge on any atom is 0.260 e. The van der Waals surface area contributed by atoms with Crippen LogP contribution < -0.4 is 10.1 Å². The van der Waals surface area contributed by atoms with Crippen LogP contribution in [0.15, 0.2) is 40.9 Å². The van der Waals surface area contributed by atoms with Crippen molar-refractivity contribution in [2.75, 3.05) is 25.5 Å². The van der Waals surface area contributed by atoms with Gasteiger partial charge in [-0.2, -0.15) is 0 Å². The van der Waals surface area contributed by atoms with Crippen LogP contribution in [0.5, 0.6) is 5.75 Å². The van der Waals surface area contributed by atoms with E-state index in [2.05, 4.69) is 21.2 Å². The van der Waals surface area contributed by atoms with Crippen LogP contribution in [0.3, 0.4) is 0 Å². The van der Waals surface area contributed by atoms with Crippen molar-refractivity contribution in [1.82, 2.24) is 4.90 Å². The van der Waals surface area contributed by atoms with Crippen molar-refractivity contribution in [3.8, 4) is 5.75 Å². The van der Waals surface area contributed by atoms with Gasteiger partial charge in [-0.1, -0.05) is 18.2 Å². The van der Waals surface area contributed by atoms with Crippen molar-refractivity contribution < 1.29 is 18.7 Å². The van der Waals surface area contributed by atoms with E-state index in [0.29, 0.717) is 10.2 Å². The molecule has 2 aromatic carbocycles. The number of para-hydroxylation sites is 1. The van der Waals surface area contributed by atoms with Crippen LogP contribution in [0.2, 0.25) is 0 Å². The molecule has 0 heterocycles. The normalized spacial score (nSPS) is 10.3. The lowest BCUT2D eigenvalue weighted by Gasteiger charge is -2.18. The van der Waals surface area contributed by atoms with Crippen molar-refractivity contribution in [2.24, 2.45) is 0 Å². The summed E-state index contributed by atoms with van der Waals surface area (Å²) in [5, 5.41) is 2.83. The zero-order chi connectivity index (χ0) is 19.3. The van der Waals surface area contributed by atoms with Crippen molar-refractivity contribution >= 4 is 33.4 Å². The first-order chi connectivity index (χ1) is 12.3.